The normalized spacial score (nSPS) is 11.4. The molecule has 0 aliphatic carbocycles. The van der Waals surface area contributed by atoms with E-state index in [1.807, 2.05) is 128 Å². The standard InChI is InChI=1S/2C38H21N3O2S.C34H19N3OS.3Pt/c1-2-10-37-34(9-1)40-38(44-37)32-21-36-31(20-29(32)27-14-17-43-23-27)30-19-24(26-13-16-42-22-26)11-12-35(30)41(36)28-7-5-6-25(18-28)33-8-3-4-15-39-33;1-2-7-37-33(6-1)40-38(44-37)26-9-12-30-31-19-24(27-14-17-42-22-27)10-13-34(31)41(36(30)21-26)35-20-25(32-5-3-4-16-39-32)8-11-29(35)28-15-18-43-23-28;1-3-13-31-26(9-1)27-16-15-23(34-36-30-10-2-4-14-33(30)39-34)20-32(27)37(31)25-8-5-7-22(19-25)28-11-6-12-29(35-28)24-17-18-38-21-24;;;/h1-17,19-20,22-23H;1-19,22-23H;1-18,21H;;;/q3*-2;3*+2. The summed E-state index contributed by atoms with van der Waals surface area (Å²) in [7, 11) is 0. The van der Waals surface area contributed by atoms with Crippen LogP contribution in [0.2, 0.25) is 0 Å². The van der Waals surface area contributed by atoms with Crippen molar-refractivity contribution in [2.45, 2.75) is 0 Å². The van der Waals surface area contributed by atoms with Crippen LogP contribution < -0.4 is 0 Å². The largest absolute Gasteiger partial charge is 2.00 e. The van der Waals surface area contributed by atoms with Crippen LogP contribution in [0.4, 0.5) is 0 Å². The number of hydrogen-bond donors (Lipinski definition) is 0. The predicted octanol–water partition coefficient (Wildman–Crippen LogP) is 29.5. The number of rotatable bonds is 14. The van der Waals surface area contributed by atoms with Crippen molar-refractivity contribution in [1.29, 1.82) is 0 Å². The first-order chi connectivity index (χ1) is 62.9. The number of furan rings is 5. The Morgan fingerprint density at radius 3 is 1.24 bits per heavy atom. The van der Waals surface area contributed by atoms with Crippen LogP contribution in [0, 0.1) is 36.4 Å². The third kappa shape index (κ3) is 15.2. The SMILES string of the molecule is [Pt+2].[Pt+2].[Pt+2].[c-]1c(-c2cccc(-c3ccoc3)n2)cccc1-n1c2[c-]c(-c3nc4ccccc4s3)ccc2c2ccccc21.[c-]1c(-c2ccccn2)ccc(-c2ccoc2)c1-n1c2[c-]c(-c3nc4ccccc4s3)ccc2c2cc(-c3ccoc3)ccc21.[c-]1c(-c2ccccn2)cccc1-n1c2[c-]c(-c3nc4ccccc4s3)c(-c3ccoc3)cc2c2cc(-c3ccoc3)ccc21. The molecule has 130 heavy (non-hydrogen) atoms. The maximum atomic E-state index is 5.56. The second-order valence-electron chi connectivity index (χ2n) is 30.5. The molecule has 0 atom stereocenters. The third-order valence-electron chi connectivity index (χ3n) is 22.9. The van der Waals surface area contributed by atoms with Crippen molar-refractivity contribution in [3.63, 3.8) is 0 Å². The molecule has 20 heteroatoms. The number of pyridine rings is 3. The Morgan fingerprint density at radius 2 is 0.685 bits per heavy atom. The van der Waals surface area contributed by atoms with E-state index < -0.39 is 0 Å². The summed E-state index contributed by atoms with van der Waals surface area (Å²) in [4.78, 5) is 29.0. The molecule has 0 unspecified atom stereocenters. The van der Waals surface area contributed by atoms with E-state index in [0.29, 0.717) is 0 Å². The van der Waals surface area contributed by atoms with Crippen LogP contribution in [0.3, 0.4) is 0 Å². The summed E-state index contributed by atoms with van der Waals surface area (Å²) >= 11 is 5.04. The van der Waals surface area contributed by atoms with Gasteiger partial charge < -0.3 is 45.8 Å². The Morgan fingerprint density at radius 1 is 0.254 bits per heavy atom. The van der Waals surface area contributed by atoms with Gasteiger partial charge in [-0.2, -0.15) is 34.0 Å². The molecule has 0 aliphatic heterocycles. The molecule has 0 fully saturated rings. The van der Waals surface area contributed by atoms with Gasteiger partial charge >= 0.3 is 63.2 Å². The van der Waals surface area contributed by atoms with Gasteiger partial charge in [-0.3, -0.25) is 19.9 Å². The summed E-state index contributed by atoms with van der Waals surface area (Å²) in [6, 6.07) is 124. The Labute approximate surface area is 798 Å². The van der Waals surface area contributed by atoms with Crippen LogP contribution in [0.15, 0.2) is 394 Å². The summed E-state index contributed by atoms with van der Waals surface area (Å²) in [6.45, 7) is 0. The van der Waals surface area contributed by atoms with E-state index in [2.05, 4.69) is 242 Å². The van der Waals surface area contributed by atoms with Crippen molar-refractivity contribution < 1.29 is 85.3 Å². The minimum Gasteiger partial charge on any atom is -0.473 e. The van der Waals surface area contributed by atoms with Gasteiger partial charge in [0.1, 0.15) is 0 Å². The zero-order valence-electron chi connectivity index (χ0n) is 68.0. The van der Waals surface area contributed by atoms with Crippen molar-refractivity contribution >= 4 is 130 Å². The van der Waals surface area contributed by atoms with Crippen LogP contribution in [-0.2, 0) is 63.2 Å². The molecule has 14 nitrogen and oxygen atoms in total. The molecule has 12 aromatic carbocycles. The number of para-hydroxylation sites is 4. The molecule has 0 aliphatic rings. The predicted molar refractivity (Wildman–Crippen MR) is 509 cm³/mol. The van der Waals surface area contributed by atoms with Crippen molar-refractivity contribution in [1.82, 2.24) is 43.6 Å². The first-order valence-electron chi connectivity index (χ1n) is 41.1. The minimum atomic E-state index is 0. The number of hydrogen-bond acceptors (Lipinski definition) is 14. The minimum absolute atomic E-state index is 0. The second-order valence-corrected chi connectivity index (χ2v) is 33.6. The maximum absolute atomic E-state index is 5.56. The number of thiazole rings is 3. The van der Waals surface area contributed by atoms with E-state index in [4.69, 9.17) is 42.0 Å². The van der Waals surface area contributed by atoms with Gasteiger partial charge in [-0.15, -0.1) is 149 Å². The van der Waals surface area contributed by atoms with E-state index >= 15 is 0 Å². The zero-order chi connectivity index (χ0) is 83.8. The maximum Gasteiger partial charge on any atom is 2.00 e. The summed E-state index contributed by atoms with van der Waals surface area (Å²) in [5.41, 5.74) is 30.0. The zero-order valence-corrected chi connectivity index (χ0v) is 77.2. The topological polar surface area (TPSA) is 158 Å². The van der Waals surface area contributed by atoms with Crippen molar-refractivity contribution in [2.24, 2.45) is 0 Å². The van der Waals surface area contributed by atoms with Crippen LogP contribution >= 0.6 is 34.0 Å². The number of nitrogens with zero attached hydrogens (tertiary/aromatic N) is 9. The van der Waals surface area contributed by atoms with Crippen molar-refractivity contribution in [3.8, 4) is 138 Å². The number of fused-ring (bicyclic) bond motifs is 12. The molecule has 26 rings (SSSR count). The summed E-state index contributed by atoms with van der Waals surface area (Å²) in [5, 5.41) is 9.51. The molecule has 0 radical (unpaired) electrons. The van der Waals surface area contributed by atoms with Crippen molar-refractivity contribution in [3.05, 3.63) is 409 Å². The fourth-order valence-corrected chi connectivity index (χ4v) is 19.8. The molecule has 26 aromatic rings. The molecular weight excluding hydrogens is 2210 g/mol. The van der Waals surface area contributed by atoms with Crippen molar-refractivity contribution in [2.75, 3.05) is 0 Å². The Bertz CT molecular complexity index is 8520. The van der Waals surface area contributed by atoms with E-state index in [9.17, 15) is 0 Å². The third-order valence-corrected chi connectivity index (χ3v) is 26.1. The average molecular weight is 2270 g/mol. The molecule has 0 spiro atoms. The average Bonchev–Trinajstić information content (AvgIpc) is 1.61. The van der Waals surface area contributed by atoms with Gasteiger partial charge in [-0.05, 0) is 192 Å². The van der Waals surface area contributed by atoms with Gasteiger partial charge in [0.25, 0.3) is 0 Å². The Balaban J connectivity index is 0.000000117. The summed E-state index contributed by atoms with van der Waals surface area (Å²) < 4.78 is 37.4. The van der Waals surface area contributed by atoms with Gasteiger partial charge in [0.2, 0.25) is 0 Å². The van der Waals surface area contributed by atoms with Gasteiger partial charge in [-0.1, -0.05) is 143 Å². The van der Waals surface area contributed by atoms with E-state index in [0.717, 1.165) is 224 Å². The number of benzene rings is 12. The van der Waals surface area contributed by atoms with E-state index in [1.54, 1.807) is 96.6 Å². The Hall–Kier alpha value is -14.4. The molecule has 0 bridgehead atoms. The molecule has 0 N–H and O–H groups in total. The molecule has 0 saturated carbocycles. The van der Waals surface area contributed by atoms with Gasteiger partial charge in [0, 0.05) is 74.8 Å². The fraction of sp³-hybridized carbons (Fsp3) is 0. The van der Waals surface area contributed by atoms with Crippen LogP contribution in [-0.4, -0.2) is 43.6 Å². The van der Waals surface area contributed by atoms with E-state index in [-0.39, 0.29) is 63.2 Å². The van der Waals surface area contributed by atoms with Gasteiger partial charge in [0.15, 0.2) is 0 Å². The van der Waals surface area contributed by atoms with Crippen LogP contribution in [0.1, 0.15) is 0 Å². The van der Waals surface area contributed by atoms with Gasteiger partial charge in [-0.25, -0.2) is 0 Å². The molecular formula is C110H61N9O5Pt3S3. The first-order valence-corrected chi connectivity index (χ1v) is 43.5. The van der Waals surface area contributed by atoms with Gasteiger partial charge in [0.05, 0.1) is 84.9 Å². The first kappa shape index (κ1) is 82.6. The molecule has 0 saturated heterocycles. The molecule has 624 valence electrons. The Kier molecular flexibility index (Phi) is 22.5. The van der Waals surface area contributed by atoms with E-state index in [1.165, 1.54) is 10.1 Å². The monoisotopic (exact) mass is 2270 g/mol. The smallest absolute Gasteiger partial charge is 0.473 e. The summed E-state index contributed by atoms with van der Waals surface area (Å²) in [6.07, 6.45) is 20.9. The molecule has 14 heterocycles. The molecule has 0 amide bonds. The number of aromatic nitrogens is 9. The quantitative estimate of drug-likeness (QED) is 0.0954. The molecule has 14 aromatic heterocycles. The second kappa shape index (κ2) is 35.3. The fourth-order valence-electron chi connectivity index (χ4n) is 16.9. The van der Waals surface area contributed by atoms with Crippen LogP contribution in [0.5, 0.6) is 0 Å². The van der Waals surface area contributed by atoms with Crippen LogP contribution in [0.25, 0.3) is 234 Å². The summed E-state index contributed by atoms with van der Waals surface area (Å²) in [5.74, 6) is 0.